The van der Waals surface area contributed by atoms with Crippen LogP contribution in [0.3, 0.4) is 0 Å². The largest absolute Gasteiger partial charge is 0.481 e. The fourth-order valence-electron chi connectivity index (χ4n) is 5.02. The Labute approximate surface area is 212 Å². The molecule has 1 saturated heterocycles. The summed E-state index contributed by atoms with van der Waals surface area (Å²) in [6.07, 6.45) is 8.33. The maximum Gasteiger partial charge on any atom is 0.253 e. The maximum atomic E-state index is 12.9. The summed E-state index contributed by atoms with van der Waals surface area (Å²) >= 11 is 0. The summed E-state index contributed by atoms with van der Waals surface area (Å²) in [5.74, 6) is 1.46. The van der Waals surface area contributed by atoms with Crippen LogP contribution in [0.15, 0.2) is 42.7 Å². The number of pyridine rings is 2. The van der Waals surface area contributed by atoms with Gasteiger partial charge in [0.25, 0.3) is 5.91 Å². The molecule has 1 aromatic carbocycles. The number of carbonyl (C=O) groups excluding carboxylic acids is 1. The van der Waals surface area contributed by atoms with E-state index >= 15 is 0 Å². The van der Waals surface area contributed by atoms with Crippen molar-refractivity contribution in [3.05, 3.63) is 59.5 Å². The maximum absolute atomic E-state index is 12.9. The lowest BCUT2D eigenvalue weighted by Gasteiger charge is -2.25. The van der Waals surface area contributed by atoms with Crippen LogP contribution in [-0.4, -0.2) is 54.3 Å². The van der Waals surface area contributed by atoms with Crippen LogP contribution in [0.4, 0.5) is 5.69 Å². The van der Waals surface area contributed by atoms with Gasteiger partial charge in [-0.05, 0) is 66.9 Å². The highest BCUT2D eigenvalue weighted by Crippen LogP contribution is 2.27. The quantitative estimate of drug-likeness (QED) is 0.402. The molecule has 0 radical (unpaired) electrons. The zero-order valence-electron chi connectivity index (χ0n) is 20.9. The molecule has 8 heteroatoms. The number of hydrogen-bond donors (Lipinski definition) is 3. The molecule has 8 nitrogen and oxygen atoms in total. The standard InChI is InChI=1S/C28H35N5O3/c1-36-28-26-6-5-20(13-29-12-19-3-2-4-19)9-22(26)10-24(32-28)15-31-27(35)23-11-25(16-30-14-23)33-8-7-21(17-33)18-34/h5-6,9-11,14,16,19,21,29,34H,2-4,7-8,12-13,15,17-18H2,1H3,(H,31,35)/t21-/m0/s1. The number of rotatable bonds is 10. The Kier molecular flexibility index (Phi) is 7.63. The number of aliphatic hydroxyl groups is 1. The number of aromatic nitrogens is 2. The van der Waals surface area contributed by atoms with Gasteiger partial charge in [-0.15, -0.1) is 0 Å². The molecule has 3 heterocycles. The predicted octanol–water partition coefficient (Wildman–Crippen LogP) is 3.28. The summed E-state index contributed by atoms with van der Waals surface area (Å²) in [6.45, 7) is 4.02. The number of fused-ring (bicyclic) bond motifs is 1. The average molecular weight is 490 g/mol. The Morgan fingerprint density at radius 3 is 2.78 bits per heavy atom. The van der Waals surface area contributed by atoms with Crippen molar-refractivity contribution in [2.45, 2.75) is 38.8 Å². The van der Waals surface area contributed by atoms with Crippen molar-refractivity contribution in [1.82, 2.24) is 20.6 Å². The van der Waals surface area contributed by atoms with Crippen LogP contribution in [0.2, 0.25) is 0 Å². The van der Waals surface area contributed by atoms with Crippen LogP contribution in [0.5, 0.6) is 5.88 Å². The van der Waals surface area contributed by atoms with Gasteiger partial charge in [0.15, 0.2) is 0 Å². The molecule has 5 rings (SSSR count). The molecule has 3 aromatic rings. The molecule has 190 valence electrons. The molecular weight excluding hydrogens is 454 g/mol. The third-order valence-electron chi connectivity index (χ3n) is 7.42. The van der Waals surface area contributed by atoms with Crippen molar-refractivity contribution in [2.75, 3.05) is 38.3 Å². The van der Waals surface area contributed by atoms with Crippen LogP contribution in [0.1, 0.15) is 47.3 Å². The summed E-state index contributed by atoms with van der Waals surface area (Å²) in [5, 5.41) is 18.0. The zero-order chi connectivity index (χ0) is 24.9. The zero-order valence-corrected chi connectivity index (χ0v) is 20.9. The van der Waals surface area contributed by atoms with E-state index in [1.165, 1.54) is 24.8 Å². The molecule has 1 atom stereocenters. The second kappa shape index (κ2) is 11.2. The van der Waals surface area contributed by atoms with Crippen LogP contribution in [0, 0.1) is 11.8 Å². The van der Waals surface area contributed by atoms with Gasteiger partial charge in [-0.2, -0.15) is 0 Å². The number of anilines is 1. The predicted molar refractivity (Wildman–Crippen MR) is 140 cm³/mol. The number of amides is 1. The molecule has 1 aliphatic carbocycles. The summed E-state index contributed by atoms with van der Waals surface area (Å²) in [4.78, 5) is 24.0. The second-order valence-corrected chi connectivity index (χ2v) is 10.0. The summed E-state index contributed by atoms with van der Waals surface area (Å²) in [6, 6.07) is 10.2. The topological polar surface area (TPSA) is 99.6 Å². The van der Waals surface area contributed by atoms with E-state index in [9.17, 15) is 9.90 Å². The summed E-state index contributed by atoms with van der Waals surface area (Å²) in [7, 11) is 1.62. The molecule has 0 unspecified atom stereocenters. The molecule has 0 spiro atoms. The van der Waals surface area contributed by atoms with Crippen LogP contribution < -0.4 is 20.3 Å². The lowest BCUT2D eigenvalue weighted by atomic mass is 9.85. The van der Waals surface area contributed by atoms with Crippen molar-refractivity contribution < 1.29 is 14.6 Å². The van der Waals surface area contributed by atoms with Crippen molar-refractivity contribution in [1.29, 1.82) is 0 Å². The molecule has 2 aromatic heterocycles. The smallest absolute Gasteiger partial charge is 0.253 e. The highest BCUT2D eigenvalue weighted by molar-refractivity contribution is 5.95. The first-order valence-electron chi connectivity index (χ1n) is 12.9. The van der Waals surface area contributed by atoms with Gasteiger partial charge >= 0.3 is 0 Å². The third-order valence-corrected chi connectivity index (χ3v) is 7.42. The minimum absolute atomic E-state index is 0.185. The van der Waals surface area contributed by atoms with Gasteiger partial charge in [-0.1, -0.05) is 12.5 Å². The minimum Gasteiger partial charge on any atom is -0.481 e. The van der Waals surface area contributed by atoms with Crippen LogP contribution in [0.25, 0.3) is 10.8 Å². The van der Waals surface area contributed by atoms with Crippen molar-refractivity contribution in [3.8, 4) is 5.88 Å². The number of ether oxygens (including phenoxy) is 1. The second-order valence-electron chi connectivity index (χ2n) is 10.0. The minimum atomic E-state index is -0.197. The van der Waals surface area contributed by atoms with E-state index in [4.69, 9.17) is 4.74 Å². The van der Waals surface area contributed by atoms with E-state index in [1.807, 2.05) is 12.1 Å². The number of aliphatic hydroxyl groups excluding tert-OH is 1. The van der Waals surface area contributed by atoms with E-state index in [1.54, 1.807) is 19.5 Å². The third kappa shape index (κ3) is 5.60. The van der Waals surface area contributed by atoms with Gasteiger partial charge < -0.3 is 25.4 Å². The SMILES string of the molecule is COc1nc(CNC(=O)c2cncc(N3CC[C@H](CO)C3)c2)cc2cc(CNCC3CCC3)ccc12. The summed E-state index contributed by atoms with van der Waals surface area (Å²) < 4.78 is 5.55. The average Bonchev–Trinajstić information content (AvgIpc) is 3.37. The Bertz CT molecular complexity index is 1210. The van der Waals surface area contributed by atoms with E-state index < -0.39 is 0 Å². The molecule has 36 heavy (non-hydrogen) atoms. The molecule has 1 saturated carbocycles. The molecule has 1 aliphatic heterocycles. The van der Waals surface area contributed by atoms with Gasteiger partial charge in [0.1, 0.15) is 0 Å². The van der Waals surface area contributed by atoms with Gasteiger partial charge in [-0.3, -0.25) is 9.78 Å². The number of benzene rings is 1. The molecule has 2 aliphatic rings. The number of methoxy groups -OCH3 is 1. The van der Waals surface area contributed by atoms with E-state index in [0.29, 0.717) is 11.4 Å². The number of nitrogens with one attached hydrogen (secondary N) is 2. The Morgan fingerprint density at radius 2 is 2.03 bits per heavy atom. The van der Waals surface area contributed by atoms with E-state index in [0.717, 1.165) is 60.7 Å². The number of carbonyl (C=O) groups is 1. The molecule has 0 bridgehead atoms. The Morgan fingerprint density at radius 1 is 1.14 bits per heavy atom. The first-order valence-corrected chi connectivity index (χ1v) is 12.9. The van der Waals surface area contributed by atoms with Crippen LogP contribution in [-0.2, 0) is 13.1 Å². The fourth-order valence-corrected chi connectivity index (χ4v) is 5.02. The number of nitrogens with zero attached hydrogens (tertiary/aromatic N) is 3. The lowest BCUT2D eigenvalue weighted by molar-refractivity contribution is 0.0950. The Hall–Kier alpha value is -3.23. The van der Waals surface area contributed by atoms with Gasteiger partial charge in [-0.25, -0.2) is 4.98 Å². The number of hydrogen-bond acceptors (Lipinski definition) is 7. The van der Waals surface area contributed by atoms with Crippen molar-refractivity contribution in [2.24, 2.45) is 11.8 Å². The highest BCUT2D eigenvalue weighted by atomic mass is 16.5. The normalized spacial score (nSPS) is 17.8. The molecule has 2 fully saturated rings. The molecule has 3 N–H and O–H groups in total. The van der Waals surface area contributed by atoms with Gasteiger partial charge in [0.2, 0.25) is 5.88 Å². The first kappa shape index (κ1) is 24.5. The fraction of sp³-hybridized carbons (Fsp3) is 0.464. The van der Waals surface area contributed by atoms with E-state index in [2.05, 4.69) is 43.7 Å². The van der Waals surface area contributed by atoms with Crippen molar-refractivity contribution >= 4 is 22.4 Å². The lowest BCUT2D eigenvalue weighted by Crippen LogP contribution is -2.26. The van der Waals surface area contributed by atoms with Gasteiger partial charge in [0, 0.05) is 43.7 Å². The highest BCUT2D eigenvalue weighted by Gasteiger charge is 2.23. The summed E-state index contributed by atoms with van der Waals surface area (Å²) in [5.41, 5.74) is 3.37. The van der Waals surface area contributed by atoms with Crippen molar-refractivity contribution in [3.63, 3.8) is 0 Å². The Balaban J connectivity index is 1.25. The van der Waals surface area contributed by atoms with Crippen LogP contribution >= 0.6 is 0 Å². The first-order chi connectivity index (χ1) is 17.6. The molecule has 1 amide bonds. The monoisotopic (exact) mass is 489 g/mol. The van der Waals surface area contributed by atoms with E-state index in [-0.39, 0.29) is 25.0 Å². The van der Waals surface area contributed by atoms with Gasteiger partial charge in [0.05, 0.1) is 36.8 Å². The molecular formula is C28H35N5O3.